The Bertz CT molecular complexity index is 749. The van der Waals surface area contributed by atoms with Crippen molar-refractivity contribution in [1.82, 2.24) is 10.9 Å². The molecule has 2 amide bonds. The van der Waals surface area contributed by atoms with Crippen molar-refractivity contribution in [2.45, 2.75) is 13.0 Å². The summed E-state index contributed by atoms with van der Waals surface area (Å²) in [5.41, 5.74) is 5.08. The fraction of sp³-hybridized carbons (Fsp3) is 0.118. The molecular formula is C17H15ClN2O4. The highest BCUT2D eigenvalue weighted by molar-refractivity contribution is 6.30. The predicted octanol–water partition coefficient (Wildman–Crippen LogP) is 2.35. The molecule has 2 rings (SSSR count). The number of hydrogen-bond donors (Lipinski definition) is 2. The van der Waals surface area contributed by atoms with Crippen molar-refractivity contribution < 1.29 is 19.1 Å². The number of carbonyl (C=O) groups is 3. The van der Waals surface area contributed by atoms with Gasteiger partial charge in [0.1, 0.15) is 0 Å². The van der Waals surface area contributed by atoms with Crippen LogP contribution in [0.4, 0.5) is 0 Å². The lowest BCUT2D eigenvalue weighted by Crippen LogP contribution is -2.46. The van der Waals surface area contributed by atoms with Crippen LogP contribution >= 0.6 is 11.6 Å². The van der Waals surface area contributed by atoms with E-state index in [0.29, 0.717) is 10.6 Å². The van der Waals surface area contributed by atoms with E-state index in [9.17, 15) is 14.4 Å². The van der Waals surface area contributed by atoms with E-state index in [2.05, 4.69) is 10.9 Å². The summed E-state index contributed by atoms with van der Waals surface area (Å²) in [6.45, 7) is 1.40. The smallest absolute Gasteiger partial charge is 0.338 e. The Labute approximate surface area is 143 Å². The summed E-state index contributed by atoms with van der Waals surface area (Å²) in [7, 11) is 0. The molecule has 0 bridgehead atoms. The molecule has 0 radical (unpaired) electrons. The maximum Gasteiger partial charge on any atom is 0.338 e. The Morgan fingerprint density at radius 2 is 1.62 bits per heavy atom. The van der Waals surface area contributed by atoms with Crippen molar-refractivity contribution in [1.29, 1.82) is 0 Å². The van der Waals surface area contributed by atoms with E-state index >= 15 is 0 Å². The van der Waals surface area contributed by atoms with Gasteiger partial charge in [0.15, 0.2) is 6.10 Å². The Hall–Kier alpha value is -2.86. The number of hydrogen-bond acceptors (Lipinski definition) is 4. The van der Waals surface area contributed by atoms with Crippen molar-refractivity contribution >= 4 is 29.4 Å². The van der Waals surface area contributed by atoms with Crippen LogP contribution in [0.15, 0.2) is 54.6 Å². The molecule has 0 aliphatic rings. The molecular weight excluding hydrogens is 332 g/mol. The molecule has 0 heterocycles. The number of ether oxygens (including phenoxy) is 1. The minimum Gasteiger partial charge on any atom is -0.449 e. The molecule has 0 aliphatic carbocycles. The summed E-state index contributed by atoms with van der Waals surface area (Å²) in [5, 5.41) is 0.386. The van der Waals surface area contributed by atoms with Crippen LogP contribution in [0, 0.1) is 0 Å². The second-order valence-corrected chi connectivity index (χ2v) is 5.30. The molecule has 24 heavy (non-hydrogen) atoms. The zero-order valence-electron chi connectivity index (χ0n) is 12.8. The summed E-state index contributed by atoms with van der Waals surface area (Å²) in [6, 6.07) is 14.6. The van der Waals surface area contributed by atoms with Gasteiger partial charge in [0.05, 0.1) is 5.56 Å². The van der Waals surface area contributed by atoms with E-state index < -0.39 is 23.9 Å². The topological polar surface area (TPSA) is 84.5 Å². The lowest BCUT2D eigenvalue weighted by Gasteiger charge is -2.14. The number of nitrogens with one attached hydrogen (secondary N) is 2. The van der Waals surface area contributed by atoms with Gasteiger partial charge in [0.2, 0.25) is 0 Å². The molecule has 0 spiro atoms. The number of benzene rings is 2. The lowest BCUT2D eigenvalue weighted by atomic mass is 10.2. The van der Waals surface area contributed by atoms with Crippen molar-refractivity contribution in [2.24, 2.45) is 0 Å². The molecule has 1 atom stereocenters. The van der Waals surface area contributed by atoms with Gasteiger partial charge in [-0.3, -0.25) is 20.4 Å². The summed E-state index contributed by atoms with van der Waals surface area (Å²) in [5.74, 6) is -1.82. The van der Waals surface area contributed by atoms with Gasteiger partial charge in [-0.05, 0) is 37.3 Å². The van der Waals surface area contributed by atoms with E-state index in [0.717, 1.165) is 0 Å². The molecule has 0 saturated heterocycles. The average Bonchev–Trinajstić information content (AvgIpc) is 2.60. The number of rotatable bonds is 4. The molecule has 2 aromatic carbocycles. The summed E-state index contributed by atoms with van der Waals surface area (Å²) >= 11 is 5.80. The Morgan fingerprint density at radius 1 is 0.958 bits per heavy atom. The Balaban J connectivity index is 1.86. The van der Waals surface area contributed by atoms with E-state index in [1.165, 1.54) is 19.1 Å². The first kappa shape index (κ1) is 17.5. The molecule has 124 valence electrons. The number of halogens is 1. The Kier molecular flexibility index (Phi) is 5.92. The molecule has 0 unspecified atom stereocenters. The molecule has 0 aromatic heterocycles. The van der Waals surface area contributed by atoms with Gasteiger partial charge in [-0.15, -0.1) is 0 Å². The van der Waals surface area contributed by atoms with Gasteiger partial charge in [0, 0.05) is 10.6 Å². The van der Waals surface area contributed by atoms with Gasteiger partial charge in [-0.1, -0.05) is 35.9 Å². The molecule has 0 saturated carbocycles. The molecule has 2 aromatic rings. The highest BCUT2D eigenvalue weighted by Crippen LogP contribution is 2.12. The standard InChI is InChI=1S/C17H15ClN2O4/c1-11(24-17(23)13-8-5-9-14(18)10-13)15(21)19-20-16(22)12-6-3-2-4-7-12/h2-11H,1H3,(H,19,21)(H,20,22)/t11-/m1/s1. The first-order valence-corrected chi connectivity index (χ1v) is 7.47. The van der Waals surface area contributed by atoms with Crippen LogP contribution in [0.25, 0.3) is 0 Å². The first-order valence-electron chi connectivity index (χ1n) is 7.09. The van der Waals surface area contributed by atoms with E-state index in [1.54, 1.807) is 42.5 Å². The van der Waals surface area contributed by atoms with Crippen LogP contribution in [-0.2, 0) is 9.53 Å². The summed E-state index contributed by atoms with van der Waals surface area (Å²) in [6.07, 6.45) is -1.09. The SMILES string of the molecule is C[C@@H](OC(=O)c1cccc(Cl)c1)C(=O)NNC(=O)c1ccccc1. The van der Waals surface area contributed by atoms with Crippen LogP contribution < -0.4 is 10.9 Å². The molecule has 0 fully saturated rings. The third-order valence-corrected chi connectivity index (χ3v) is 3.28. The largest absolute Gasteiger partial charge is 0.449 e. The minimum atomic E-state index is -1.09. The van der Waals surface area contributed by atoms with Crippen molar-refractivity contribution in [3.05, 3.63) is 70.7 Å². The van der Waals surface area contributed by atoms with Gasteiger partial charge in [-0.2, -0.15) is 0 Å². The average molecular weight is 347 g/mol. The molecule has 0 aliphatic heterocycles. The maximum atomic E-state index is 11.9. The van der Waals surface area contributed by atoms with Crippen LogP contribution in [0.1, 0.15) is 27.6 Å². The number of carbonyl (C=O) groups excluding carboxylic acids is 3. The van der Waals surface area contributed by atoms with Gasteiger partial charge >= 0.3 is 5.97 Å². The minimum absolute atomic E-state index is 0.232. The van der Waals surface area contributed by atoms with Crippen LogP contribution in [0.2, 0.25) is 5.02 Å². The van der Waals surface area contributed by atoms with Gasteiger partial charge in [0.25, 0.3) is 11.8 Å². The van der Waals surface area contributed by atoms with Crippen molar-refractivity contribution in [3.63, 3.8) is 0 Å². The van der Waals surface area contributed by atoms with E-state index in [-0.39, 0.29) is 5.56 Å². The van der Waals surface area contributed by atoms with Gasteiger partial charge < -0.3 is 4.74 Å². The second kappa shape index (κ2) is 8.12. The summed E-state index contributed by atoms with van der Waals surface area (Å²) in [4.78, 5) is 35.6. The molecule has 6 nitrogen and oxygen atoms in total. The Morgan fingerprint density at radius 3 is 2.29 bits per heavy atom. The lowest BCUT2D eigenvalue weighted by molar-refractivity contribution is -0.129. The van der Waals surface area contributed by atoms with Crippen molar-refractivity contribution in [3.8, 4) is 0 Å². The maximum absolute atomic E-state index is 11.9. The normalized spacial score (nSPS) is 11.2. The quantitative estimate of drug-likeness (QED) is 0.657. The zero-order chi connectivity index (χ0) is 17.5. The number of amides is 2. The third kappa shape index (κ3) is 4.82. The number of hydrazine groups is 1. The molecule has 2 N–H and O–H groups in total. The third-order valence-electron chi connectivity index (χ3n) is 3.05. The van der Waals surface area contributed by atoms with Gasteiger partial charge in [-0.25, -0.2) is 4.79 Å². The highest BCUT2D eigenvalue weighted by atomic mass is 35.5. The monoisotopic (exact) mass is 346 g/mol. The zero-order valence-corrected chi connectivity index (χ0v) is 13.5. The van der Waals surface area contributed by atoms with Crippen LogP contribution in [0.3, 0.4) is 0 Å². The highest BCUT2D eigenvalue weighted by Gasteiger charge is 2.19. The first-order chi connectivity index (χ1) is 11.5. The fourth-order valence-corrected chi connectivity index (χ4v) is 1.97. The van der Waals surface area contributed by atoms with Crippen molar-refractivity contribution in [2.75, 3.05) is 0 Å². The summed E-state index contributed by atoms with van der Waals surface area (Å²) < 4.78 is 5.03. The van der Waals surface area contributed by atoms with Crippen LogP contribution in [-0.4, -0.2) is 23.9 Å². The fourth-order valence-electron chi connectivity index (χ4n) is 1.78. The molecule has 7 heteroatoms. The van der Waals surface area contributed by atoms with Crippen LogP contribution in [0.5, 0.6) is 0 Å². The van der Waals surface area contributed by atoms with E-state index in [1.807, 2.05) is 0 Å². The van der Waals surface area contributed by atoms with E-state index in [4.69, 9.17) is 16.3 Å². The number of esters is 1. The predicted molar refractivity (Wildman–Crippen MR) is 88.4 cm³/mol. The second-order valence-electron chi connectivity index (χ2n) is 4.87.